The van der Waals surface area contributed by atoms with Crippen molar-refractivity contribution in [1.82, 2.24) is 4.98 Å². The number of nitrogens with one attached hydrogen (secondary N) is 1. The van der Waals surface area contributed by atoms with Crippen LogP contribution in [0.25, 0.3) is 0 Å². The second-order valence-electron chi connectivity index (χ2n) is 3.62. The van der Waals surface area contributed by atoms with Crippen LogP contribution in [0.2, 0.25) is 5.02 Å². The lowest BCUT2D eigenvalue weighted by Crippen LogP contribution is -2.31. The highest BCUT2D eigenvalue weighted by Crippen LogP contribution is 2.10. The summed E-state index contributed by atoms with van der Waals surface area (Å²) in [6, 6.07) is 3.14. The van der Waals surface area contributed by atoms with Gasteiger partial charge in [-0.1, -0.05) is 11.6 Å². The number of anilines is 1. The summed E-state index contributed by atoms with van der Waals surface area (Å²) in [4.78, 5) is 26.9. The minimum atomic E-state index is -0.926. The first-order valence-electron chi connectivity index (χ1n) is 5.72. The minimum Gasteiger partial charge on any atom is -0.451 e. The van der Waals surface area contributed by atoms with Crippen LogP contribution in [0.3, 0.4) is 0 Å². The molecule has 104 valence electrons. The predicted molar refractivity (Wildman–Crippen MR) is 69.9 cm³/mol. The second kappa shape index (κ2) is 7.70. The van der Waals surface area contributed by atoms with Crippen LogP contribution in [0.1, 0.15) is 13.8 Å². The smallest absolute Gasteiger partial charge is 0.332 e. The molecule has 1 amide bonds. The summed E-state index contributed by atoms with van der Waals surface area (Å²) in [6.45, 7) is 3.46. The van der Waals surface area contributed by atoms with Crippen molar-refractivity contribution in [1.29, 1.82) is 0 Å². The second-order valence-corrected chi connectivity index (χ2v) is 4.06. The Balaban J connectivity index is 2.44. The van der Waals surface area contributed by atoms with Crippen LogP contribution in [-0.2, 0) is 19.1 Å². The van der Waals surface area contributed by atoms with Gasteiger partial charge < -0.3 is 14.8 Å². The zero-order chi connectivity index (χ0) is 14.3. The molecule has 0 aliphatic carbocycles. The van der Waals surface area contributed by atoms with Gasteiger partial charge in [0.15, 0.2) is 6.10 Å². The van der Waals surface area contributed by atoms with Gasteiger partial charge in [-0.05, 0) is 26.0 Å². The standard InChI is InChI=1S/C12H15ClN2O4/c1-3-18-7-11(16)19-8(2)12(17)15-10-5-4-9(13)6-14-10/h4-6,8H,3,7H2,1-2H3,(H,14,15,17)/t8-/m1/s1. The van der Waals surface area contributed by atoms with Crippen LogP contribution in [0.5, 0.6) is 0 Å². The van der Waals surface area contributed by atoms with Crippen molar-refractivity contribution >= 4 is 29.3 Å². The number of esters is 1. The number of ether oxygens (including phenoxy) is 2. The Labute approximate surface area is 116 Å². The van der Waals surface area contributed by atoms with Crippen molar-refractivity contribution in [3.8, 4) is 0 Å². The average Bonchev–Trinajstić information content (AvgIpc) is 2.39. The van der Waals surface area contributed by atoms with Gasteiger partial charge in [0.25, 0.3) is 5.91 Å². The molecule has 1 N–H and O–H groups in total. The highest BCUT2D eigenvalue weighted by molar-refractivity contribution is 6.30. The molecule has 1 aromatic heterocycles. The van der Waals surface area contributed by atoms with Gasteiger partial charge in [0.2, 0.25) is 0 Å². The van der Waals surface area contributed by atoms with Gasteiger partial charge in [-0.25, -0.2) is 9.78 Å². The first-order valence-corrected chi connectivity index (χ1v) is 6.10. The van der Waals surface area contributed by atoms with Crippen LogP contribution in [-0.4, -0.2) is 36.2 Å². The molecule has 0 saturated heterocycles. The number of amides is 1. The number of hydrogen-bond acceptors (Lipinski definition) is 5. The van der Waals surface area contributed by atoms with Crippen molar-refractivity contribution < 1.29 is 19.1 Å². The molecule has 6 nitrogen and oxygen atoms in total. The summed E-state index contributed by atoms with van der Waals surface area (Å²) in [5.74, 6) is -0.727. The number of rotatable bonds is 6. The molecule has 0 aliphatic heterocycles. The highest BCUT2D eigenvalue weighted by Gasteiger charge is 2.18. The van der Waals surface area contributed by atoms with E-state index in [-0.39, 0.29) is 6.61 Å². The van der Waals surface area contributed by atoms with E-state index >= 15 is 0 Å². The number of halogens is 1. The molecule has 1 rings (SSSR count). The zero-order valence-corrected chi connectivity index (χ0v) is 11.4. The van der Waals surface area contributed by atoms with E-state index < -0.39 is 18.0 Å². The first-order chi connectivity index (χ1) is 9.02. The molecular weight excluding hydrogens is 272 g/mol. The van der Waals surface area contributed by atoms with Crippen LogP contribution in [0.4, 0.5) is 5.82 Å². The fraction of sp³-hybridized carbons (Fsp3) is 0.417. The van der Waals surface area contributed by atoms with Crippen molar-refractivity contribution in [3.63, 3.8) is 0 Å². The van der Waals surface area contributed by atoms with Gasteiger partial charge in [-0.2, -0.15) is 0 Å². The third kappa shape index (κ3) is 5.67. The summed E-state index contributed by atoms with van der Waals surface area (Å²) in [5.41, 5.74) is 0. The van der Waals surface area contributed by atoms with Gasteiger partial charge in [0, 0.05) is 12.8 Å². The Bertz CT molecular complexity index is 436. The summed E-state index contributed by atoms with van der Waals surface area (Å²) in [5, 5.41) is 2.97. The molecule has 1 heterocycles. The highest BCUT2D eigenvalue weighted by atomic mass is 35.5. The maximum Gasteiger partial charge on any atom is 0.332 e. The molecule has 0 unspecified atom stereocenters. The summed E-state index contributed by atoms with van der Waals surface area (Å²) in [6.07, 6.45) is 0.480. The first kappa shape index (κ1) is 15.4. The quantitative estimate of drug-likeness (QED) is 0.805. The molecule has 1 aromatic rings. The maximum atomic E-state index is 11.7. The van der Waals surface area contributed by atoms with Gasteiger partial charge >= 0.3 is 5.97 Å². The van der Waals surface area contributed by atoms with Crippen LogP contribution in [0.15, 0.2) is 18.3 Å². The van der Waals surface area contributed by atoms with E-state index in [1.54, 1.807) is 19.1 Å². The van der Waals surface area contributed by atoms with Gasteiger partial charge in [0.1, 0.15) is 12.4 Å². The van der Waals surface area contributed by atoms with E-state index in [2.05, 4.69) is 10.3 Å². The molecule has 19 heavy (non-hydrogen) atoms. The number of hydrogen-bond donors (Lipinski definition) is 1. The number of carbonyl (C=O) groups excluding carboxylic acids is 2. The third-order valence-electron chi connectivity index (χ3n) is 2.08. The Hall–Kier alpha value is -1.66. The molecule has 0 radical (unpaired) electrons. The molecule has 7 heteroatoms. The average molecular weight is 287 g/mol. The van der Waals surface area contributed by atoms with Gasteiger partial charge in [-0.15, -0.1) is 0 Å². The molecule has 0 fully saturated rings. The molecule has 0 spiro atoms. The van der Waals surface area contributed by atoms with Crippen LogP contribution in [0, 0.1) is 0 Å². The van der Waals surface area contributed by atoms with Crippen LogP contribution < -0.4 is 5.32 Å². The van der Waals surface area contributed by atoms with E-state index in [0.29, 0.717) is 17.4 Å². The molecular formula is C12H15ClN2O4. The number of carbonyl (C=O) groups is 2. The van der Waals surface area contributed by atoms with Crippen molar-refractivity contribution in [2.24, 2.45) is 0 Å². The molecule has 1 atom stereocenters. The molecule has 0 bridgehead atoms. The monoisotopic (exact) mass is 286 g/mol. The lowest BCUT2D eigenvalue weighted by Gasteiger charge is -2.13. The van der Waals surface area contributed by atoms with E-state index in [9.17, 15) is 9.59 Å². The van der Waals surface area contributed by atoms with E-state index in [4.69, 9.17) is 21.1 Å². The number of nitrogens with zero attached hydrogens (tertiary/aromatic N) is 1. The topological polar surface area (TPSA) is 77.5 Å². The normalized spacial score (nSPS) is 11.7. The van der Waals surface area contributed by atoms with Crippen molar-refractivity contribution in [2.75, 3.05) is 18.5 Å². The lowest BCUT2D eigenvalue weighted by molar-refractivity contribution is -0.157. The van der Waals surface area contributed by atoms with Crippen molar-refractivity contribution in [3.05, 3.63) is 23.4 Å². The molecule has 0 aromatic carbocycles. The third-order valence-corrected chi connectivity index (χ3v) is 2.30. The summed E-state index contributed by atoms with van der Waals surface area (Å²) >= 11 is 5.67. The van der Waals surface area contributed by atoms with E-state index in [0.717, 1.165) is 0 Å². The van der Waals surface area contributed by atoms with Gasteiger partial charge in [0.05, 0.1) is 5.02 Å². The fourth-order valence-corrected chi connectivity index (χ4v) is 1.26. The minimum absolute atomic E-state index is 0.173. The van der Waals surface area contributed by atoms with E-state index in [1.165, 1.54) is 13.1 Å². The largest absolute Gasteiger partial charge is 0.451 e. The number of pyridine rings is 1. The van der Waals surface area contributed by atoms with Crippen molar-refractivity contribution in [2.45, 2.75) is 20.0 Å². The lowest BCUT2D eigenvalue weighted by atomic mass is 10.3. The Morgan fingerprint density at radius 3 is 2.79 bits per heavy atom. The van der Waals surface area contributed by atoms with Crippen LogP contribution >= 0.6 is 11.6 Å². The molecule has 0 saturated carbocycles. The number of aromatic nitrogens is 1. The Kier molecular flexibility index (Phi) is 6.24. The maximum absolute atomic E-state index is 11.7. The summed E-state index contributed by atoms with van der Waals surface area (Å²) in [7, 11) is 0. The Morgan fingerprint density at radius 1 is 1.47 bits per heavy atom. The zero-order valence-electron chi connectivity index (χ0n) is 10.7. The predicted octanol–water partition coefficient (Wildman–Crippen LogP) is 1.64. The van der Waals surface area contributed by atoms with Gasteiger partial charge in [-0.3, -0.25) is 4.79 Å². The summed E-state index contributed by atoms with van der Waals surface area (Å²) < 4.78 is 9.75. The fourth-order valence-electron chi connectivity index (χ4n) is 1.15. The Morgan fingerprint density at radius 2 is 2.21 bits per heavy atom. The van der Waals surface area contributed by atoms with E-state index in [1.807, 2.05) is 0 Å². The molecule has 0 aliphatic rings. The SMILES string of the molecule is CCOCC(=O)O[C@H](C)C(=O)Nc1ccc(Cl)cn1.